The Balaban J connectivity index is 1.58. The maximum Gasteiger partial charge on any atom is 0.238 e. The van der Waals surface area contributed by atoms with E-state index in [1.807, 2.05) is 46.0 Å². The molecule has 0 N–H and O–H groups in total. The number of anilines is 1. The van der Waals surface area contributed by atoms with Crippen molar-refractivity contribution in [1.29, 1.82) is 0 Å². The largest absolute Gasteiger partial charge is 0.333 e. The zero-order valence-corrected chi connectivity index (χ0v) is 13.9. The van der Waals surface area contributed by atoms with Crippen LogP contribution in [0.2, 0.25) is 0 Å². The molecule has 1 unspecified atom stereocenters. The molecule has 0 aliphatic carbocycles. The highest BCUT2D eigenvalue weighted by Crippen LogP contribution is 2.41. The van der Waals surface area contributed by atoms with Crippen molar-refractivity contribution in [3.05, 3.63) is 84.4 Å². The second-order valence-electron chi connectivity index (χ2n) is 5.74. The van der Waals surface area contributed by atoms with Gasteiger partial charge in [-0.1, -0.05) is 42.5 Å². The Morgan fingerprint density at radius 2 is 1.88 bits per heavy atom. The van der Waals surface area contributed by atoms with Crippen LogP contribution in [0.25, 0.3) is 0 Å². The maximum absolute atomic E-state index is 12.4. The minimum atomic E-state index is 0.0539. The Kier molecular flexibility index (Phi) is 4.09. The van der Waals surface area contributed by atoms with Gasteiger partial charge in [-0.05, 0) is 23.3 Å². The van der Waals surface area contributed by atoms with Gasteiger partial charge in [-0.25, -0.2) is 4.98 Å². The van der Waals surface area contributed by atoms with Gasteiger partial charge in [0.2, 0.25) is 5.91 Å². The molecule has 4 nitrogen and oxygen atoms in total. The predicted octanol–water partition coefficient (Wildman–Crippen LogP) is 3.71. The summed E-state index contributed by atoms with van der Waals surface area (Å²) >= 11 is 1.68. The highest BCUT2D eigenvalue weighted by atomic mass is 32.2. The van der Waals surface area contributed by atoms with E-state index in [-0.39, 0.29) is 11.3 Å². The van der Waals surface area contributed by atoms with Crippen LogP contribution in [0.5, 0.6) is 0 Å². The molecule has 2 heterocycles. The second-order valence-corrected chi connectivity index (χ2v) is 6.81. The van der Waals surface area contributed by atoms with Crippen molar-refractivity contribution in [1.82, 2.24) is 9.55 Å². The van der Waals surface area contributed by atoms with E-state index in [9.17, 15) is 4.79 Å². The topological polar surface area (TPSA) is 38.1 Å². The van der Waals surface area contributed by atoms with Crippen molar-refractivity contribution in [3.63, 3.8) is 0 Å². The number of hydrogen-bond donors (Lipinski definition) is 0. The molecule has 5 heteroatoms. The summed E-state index contributed by atoms with van der Waals surface area (Å²) in [6.07, 6.45) is 5.53. The molecule has 1 saturated heterocycles. The Bertz CT molecular complexity index is 816. The fraction of sp³-hybridized carbons (Fsp3) is 0.158. The molecule has 1 aromatic heterocycles. The lowest BCUT2D eigenvalue weighted by molar-refractivity contribution is -0.115. The third kappa shape index (κ3) is 2.95. The lowest BCUT2D eigenvalue weighted by Crippen LogP contribution is -2.27. The van der Waals surface area contributed by atoms with Gasteiger partial charge in [0.15, 0.2) is 0 Å². The first-order chi connectivity index (χ1) is 11.8. The van der Waals surface area contributed by atoms with Crippen LogP contribution in [0.4, 0.5) is 5.69 Å². The smallest absolute Gasteiger partial charge is 0.238 e. The molecule has 1 aliphatic heterocycles. The van der Waals surface area contributed by atoms with Gasteiger partial charge in [-0.3, -0.25) is 9.69 Å². The van der Waals surface area contributed by atoms with E-state index in [2.05, 4.69) is 29.2 Å². The van der Waals surface area contributed by atoms with E-state index in [0.29, 0.717) is 5.75 Å². The van der Waals surface area contributed by atoms with Crippen molar-refractivity contribution in [2.45, 2.75) is 11.9 Å². The first-order valence-corrected chi connectivity index (χ1v) is 8.89. The monoisotopic (exact) mass is 335 g/mol. The van der Waals surface area contributed by atoms with Crippen molar-refractivity contribution in [2.24, 2.45) is 0 Å². The van der Waals surface area contributed by atoms with Crippen LogP contribution < -0.4 is 4.90 Å². The number of nitrogens with zero attached hydrogens (tertiary/aromatic N) is 3. The highest BCUT2D eigenvalue weighted by Gasteiger charge is 2.33. The summed E-state index contributed by atoms with van der Waals surface area (Å²) < 4.78 is 2.03. The Morgan fingerprint density at radius 1 is 1.08 bits per heavy atom. The Morgan fingerprint density at radius 3 is 2.58 bits per heavy atom. The van der Waals surface area contributed by atoms with Gasteiger partial charge in [-0.15, -0.1) is 11.8 Å². The average Bonchev–Trinajstić information content (AvgIpc) is 3.26. The molecule has 0 saturated carbocycles. The van der Waals surface area contributed by atoms with Gasteiger partial charge >= 0.3 is 0 Å². The summed E-state index contributed by atoms with van der Waals surface area (Å²) in [7, 11) is 0. The molecule has 0 radical (unpaired) electrons. The van der Waals surface area contributed by atoms with Gasteiger partial charge in [0.1, 0.15) is 5.37 Å². The highest BCUT2D eigenvalue weighted by molar-refractivity contribution is 8.00. The number of amides is 1. The number of carbonyl (C=O) groups is 1. The average molecular weight is 335 g/mol. The SMILES string of the molecule is O=C1CSC(c2ccccc2)N1c1ccc(Cn2ccnc2)cc1. The molecule has 1 amide bonds. The Labute approximate surface area is 145 Å². The number of imidazole rings is 1. The standard InChI is InChI=1S/C19H17N3OS/c23-18-13-24-19(16-4-2-1-3-5-16)22(18)17-8-6-15(7-9-17)12-21-11-10-20-14-21/h1-11,14,19H,12-13H2. The summed E-state index contributed by atoms with van der Waals surface area (Å²) in [5, 5.41) is 0.0539. The van der Waals surface area contributed by atoms with Gasteiger partial charge in [0.25, 0.3) is 0 Å². The molecular formula is C19H17N3OS. The molecule has 1 aliphatic rings. The first kappa shape index (κ1) is 15.0. The number of hydrogen-bond acceptors (Lipinski definition) is 3. The van der Waals surface area contributed by atoms with Crippen molar-refractivity contribution < 1.29 is 4.79 Å². The lowest BCUT2D eigenvalue weighted by atomic mass is 10.1. The molecular weight excluding hydrogens is 318 g/mol. The normalized spacial score (nSPS) is 17.4. The Hall–Kier alpha value is -2.53. The van der Waals surface area contributed by atoms with Crippen LogP contribution in [0, 0.1) is 0 Å². The second kappa shape index (κ2) is 6.53. The minimum Gasteiger partial charge on any atom is -0.333 e. The summed E-state index contributed by atoms with van der Waals surface area (Å²) in [6.45, 7) is 0.783. The molecule has 4 rings (SSSR count). The lowest BCUT2D eigenvalue weighted by Gasteiger charge is -2.24. The van der Waals surface area contributed by atoms with Crippen LogP contribution in [0.1, 0.15) is 16.5 Å². The maximum atomic E-state index is 12.4. The number of thioether (sulfide) groups is 1. The number of benzene rings is 2. The fourth-order valence-corrected chi connectivity index (χ4v) is 4.10. The molecule has 2 aromatic carbocycles. The molecule has 1 fully saturated rings. The third-order valence-electron chi connectivity index (χ3n) is 4.09. The molecule has 24 heavy (non-hydrogen) atoms. The van der Waals surface area contributed by atoms with Crippen molar-refractivity contribution in [2.75, 3.05) is 10.7 Å². The number of rotatable bonds is 4. The summed E-state index contributed by atoms with van der Waals surface area (Å²) in [4.78, 5) is 18.4. The predicted molar refractivity (Wildman–Crippen MR) is 96.9 cm³/mol. The zero-order chi connectivity index (χ0) is 16.4. The quantitative estimate of drug-likeness (QED) is 0.729. The van der Waals surface area contributed by atoms with E-state index < -0.39 is 0 Å². The summed E-state index contributed by atoms with van der Waals surface area (Å²) in [5.74, 6) is 0.687. The van der Waals surface area contributed by atoms with Crippen LogP contribution in [-0.4, -0.2) is 21.2 Å². The molecule has 1 atom stereocenters. The van der Waals surface area contributed by atoms with Gasteiger partial charge in [0.05, 0.1) is 12.1 Å². The van der Waals surface area contributed by atoms with Crippen molar-refractivity contribution >= 4 is 23.4 Å². The first-order valence-electron chi connectivity index (χ1n) is 7.84. The van der Waals surface area contributed by atoms with Gasteiger partial charge in [0, 0.05) is 24.6 Å². The summed E-state index contributed by atoms with van der Waals surface area (Å²) in [6, 6.07) is 18.4. The summed E-state index contributed by atoms with van der Waals surface area (Å²) in [5.41, 5.74) is 3.30. The van der Waals surface area contributed by atoms with E-state index >= 15 is 0 Å². The van der Waals surface area contributed by atoms with Crippen LogP contribution in [0.3, 0.4) is 0 Å². The fourth-order valence-electron chi connectivity index (χ4n) is 2.92. The third-order valence-corrected chi connectivity index (χ3v) is 5.30. The van der Waals surface area contributed by atoms with Crippen molar-refractivity contribution in [3.8, 4) is 0 Å². The van der Waals surface area contributed by atoms with Crippen LogP contribution in [0.15, 0.2) is 73.3 Å². The minimum absolute atomic E-state index is 0.0539. The van der Waals surface area contributed by atoms with Crippen LogP contribution >= 0.6 is 11.8 Å². The van der Waals surface area contributed by atoms with E-state index in [4.69, 9.17) is 0 Å². The van der Waals surface area contributed by atoms with E-state index in [0.717, 1.165) is 17.8 Å². The van der Waals surface area contributed by atoms with Gasteiger partial charge in [-0.2, -0.15) is 0 Å². The van der Waals surface area contributed by atoms with Crippen LogP contribution in [-0.2, 0) is 11.3 Å². The number of aromatic nitrogens is 2. The van der Waals surface area contributed by atoms with E-state index in [1.54, 1.807) is 24.3 Å². The zero-order valence-electron chi connectivity index (χ0n) is 13.1. The molecule has 120 valence electrons. The van der Waals surface area contributed by atoms with E-state index in [1.165, 1.54) is 5.56 Å². The van der Waals surface area contributed by atoms with Gasteiger partial charge < -0.3 is 4.57 Å². The molecule has 3 aromatic rings. The number of carbonyl (C=O) groups excluding carboxylic acids is 1. The molecule has 0 spiro atoms. The molecule has 0 bridgehead atoms.